The second-order valence-electron chi connectivity index (χ2n) is 4.82. The molecule has 0 spiro atoms. The van der Waals surface area contributed by atoms with E-state index in [1.165, 1.54) is 0 Å². The average molecular weight is 314 g/mol. The molecule has 0 aliphatic rings. The highest BCUT2D eigenvalue weighted by Crippen LogP contribution is 2.25. The van der Waals surface area contributed by atoms with E-state index in [4.69, 9.17) is 4.74 Å². The summed E-state index contributed by atoms with van der Waals surface area (Å²) in [6.07, 6.45) is 0. The number of amides is 1. The smallest absolute Gasteiger partial charge is 0.258 e. The molecule has 100 valence electrons. The Morgan fingerprint density at radius 3 is 2.61 bits per heavy atom. The molecule has 1 aromatic rings. The molecule has 0 heterocycles. The van der Waals surface area contributed by atoms with E-state index in [2.05, 4.69) is 35.1 Å². The quantitative estimate of drug-likeness (QED) is 0.905. The standard InChI is InChI=1S/C14H20BrNO2/c1-9(2)11(4)16-14(17)8-18-13-6-5-10(3)7-12(13)15/h5-7,9,11H,8H2,1-4H3,(H,16,17)/t11-/m1/s1. The van der Waals surface area contributed by atoms with E-state index in [0.717, 1.165) is 10.0 Å². The van der Waals surface area contributed by atoms with Crippen LogP contribution in [0.1, 0.15) is 26.3 Å². The van der Waals surface area contributed by atoms with Crippen LogP contribution >= 0.6 is 15.9 Å². The Morgan fingerprint density at radius 1 is 1.39 bits per heavy atom. The maximum atomic E-state index is 11.7. The van der Waals surface area contributed by atoms with Gasteiger partial charge >= 0.3 is 0 Å². The summed E-state index contributed by atoms with van der Waals surface area (Å²) in [6.45, 7) is 8.18. The Morgan fingerprint density at radius 2 is 2.06 bits per heavy atom. The van der Waals surface area contributed by atoms with Gasteiger partial charge in [0.05, 0.1) is 4.47 Å². The van der Waals surface area contributed by atoms with Crippen molar-refractivity contribution in [2.75, 3.05) is 6.61 Å². The minimum absolute atomic E-state index is 0.0404. The number of carbonyl (C=O) groups excluding carboxylic acids is 1. The largest absolute Gasteiger partial charge is 0.483 e. The van der Waals surface area contributed by atoms with Crippen molar-refractivity contribution in [1.82, 2.24) is 5.32 Å². The molecule has 0 bridgehead atoms. The summed E-state index contributed by atoms with van der Waals surface area (Å²) in [6, 6.07) is 5.93. The van der Waals surface area contributed by atoms with E-state index in [-0.39, 0.29) is 18.6 Å². The highest BCUT2D eigenvalue weighted by atomic mass is 79.9. The SMILES string of the molecule is Cc1ccc(OCC(=O)N[C@H](C)C(C)C)c(Br)c1. The number of halogens is 1. The lowest BCUT2D eigenvalue weighted by Crippen LogP contribution is -2.38. The maximum absolute atomic E-state index is 11.7. The van der Waals surface area contributed by atoms with E-state index >= 15 is 0 Å². The van der Waals surface area contributed by atoms with Crippen LogP contribution in [0.25, 0.3) is 0 Å². The van der Waals surface area contributed by atoms with Crippen LogP contribution in [-0.4, -0.2) is 18.6 Å². The van der Waals surface area contributed by atoms with Crippen LogP contribution in [0.15, 0.2) is 22.7 Å². The fourth-order valence-corrected chi connectivity index (χ4v) is 1.94. The van der Waals surface area contributed by atoms with Gasteiger partial charge in [-0.1, -0.05) is 19.9 Å². The number of hydrogen-bond donors (Lipinski definition) is 1. The summed E-state index contributed by atoms with van der Waals surface area (Å²) in [7, 11) is 0. The van der Waals surface area contributed by atoms with Gasteiger partial charge in [0.25, 0.3) is 5.91 Å². The number of benzene rings is 1. The first-order valence-corrected chi connectivity index (χ1v) is 6.87. The summed E-state index contributed by atoms with van der Waals surface area (Å²) in [5.41, 5.74) is 1.15. The minimum atomic E-state index is -0.0938. The zero-order chi connectivity index (χ0) is 13.7. The molecule has 1 rings (SSSR count). The van der Waals surface area contributed by atoms with E-state index in [1.807, 2.05) is 32.0 Å². The highest BCUT2D eigenvalue weighted by molar-refractivity contribution is 9.10. The molecular formula is C14H20BrNO2. The van der Waals surface area contributed by atoms with E-state index in [9.17, 15) is 4.79 Å². The Labute approximate surface area is 117 Å². The Balaban J connectivity index is 2.47. The number of aryl methyl sites for hydroxylation is 1. The van der Waals surface area contributed by atoms with Gasteiger partial charge in [0.2, 0.25) is 0 Å². The van der Waals surface area contributed by atoms with Crippen LogP contribution in [-0.2, 0) is 4.79 Å². The predicted octanol–water partition coefficient (Wildman–Crippen LogP) is 3.30. The van der Waals surface area contributed by atoms with Crippen molar-refractivity contribution in [1.29, 1.82) is 0 Å². The second kappa shape index (κ2) is 6.78. The van der Waals surface area contributed by atoms with Gasteiger partial charge in [-0.15, -0.1) is 0 Å². The van der Waals surface area contributed by atoms with Gasteiger partial charge in [0.1, 0.15) is 5.75 Å². The van der Waals surface area contributed by atoms with Crippen molar-refractivity contribution in [3.05, 3.63) is 28.2 Å². The van der Waals surface area contributed by atoms with Crippen molar-refractivity contribution < 1.29 is 9.53 Å². The number of hydrogen-bond acceptors (Lipinski definition) is 2. The molecule has 0 aliphatic heterocycles. The van der Waals surface area contributed by atoms with Crippen molar-refractivity contribution in [2.24, 2.45) is 5.92 Å². The molecule has 18 heavy (non-hydrogen) atoms. The van der Waals surface area contributed by atoms with E-state index < -0.39 is 0 Å². The fourth-order valence-electron chi connectivity index (χ4n) is 1.33. The molecule has 1 aromatic carbocycles. The van der Waals surface area contributed by atoms with Gasteiger partial charge in [-0.3, -0.25) is 4.79 Å². The molecule has 1 atom stereocenters. The summed E-state index contributed by atoms with van der Waals surface area (Å²) in [5.74, 6) is 1.01. The minimum Gasteiger partial charge on any atom is -0.483 e. The lowest BCUT2D eigenvalue weighted by Gasteiger charge is -2.17. The number of carbonyl (C=O) groups is 1. The second-order valence-corrected chi connectivity index (χ2v) is 5.68. The van der Waals surface area contributed by atoms with Crippen LogP contribution < -0.4 is 10.1 Å². The summed E-state index contributed by atoms with van der Waals surface area (Å²) in [5, 5.41) is 2.90. The maximum Gasteiger partial charge on any atom is 0.258 e. The van der Waals surface area contributed by atoms with Crippen molar-refractivity contribution in [2.45, 2.75) is 33.7 Å². The average Bonchev–Trinajstić information content (AvgIpc) is 2.27. The van der Waals surface area contributed by atoms with Crippen molar-refractivity contribution in [3.8, 4) is 5.75 Å². The molecule has 0 saturated heterocycles. The summed E-state index contributed by atoms with van der Waals surface area (Å²) in [4.78, 5) is 11.7. The molecule has 0 fully saturated rings. The van der Waals surface area contributed by atoms with Crippen molar-refractivity contribution >= 4 is 21.8 Å². The zero-order valence-corrected chi connectivity index (χ0v) is 12.9. The van der Waals surface area contributed by atoms with Crippen LogP contribution in [0.2, 0.25) is 0 Å². The van der Waals surface area contributed by atoms with Gasteiger partial charge in [0, 0.05) is 6.04 Å². The molecule has 0 aliphatic carbocycles. The first-order chi connectivity index (χ1) is 8.40. The lowest BCUT2D eigenvalue weighted by atomic mass is 10.1. The van der Waals surface area contributed by atoms with E-state index in [0.29, 0.717) is 11.7 Å². The third-order valence-electron chi connectivity index (χ3n) is 2.83. The van der Waals surface area contributed by atoms with Gasteiger partial charge in [0.15, 0.2) is 6.61 Å². The predicted molar refractivity (Wildman–Crippen MR) is 76.8 cm³/mol. The number of rotatable bonds is 5. The fraction of sp³-hybridized carbons (Fsp3) is 0.500. The monoisotopic (exact) mass is 313 g/mol. The summed E-state index contributed by atoms with van der Waals surface area (Å²) < 4.78 is 6.34. The number of ether oxygens (including phenoxy) is 1. The summed E-state index contributed by atoms with van der Waals surface area (Å²) >= 11 is 3.41. The Bertz CT molecular complexity index is 418. The molecule has 0 radical (unpaired) electrons. The molecule has 1 N–H and O–H groups in total. The van der Waals surface area contributed by atoms with Crippen LogP contribution in [0.4, 0.5) is 0 Å². The molecule has 3 nitrogen and oxygen atoms in total. The van der Waals surface area contributed by atoms with Crippen LogP contribution in [0.5, 0.6) is 5.75 Å². The molecule has 0 unspecified atom stereocenters. The highest BCUT2D eigenvalue weighted by Gasteiger charge is 2.11. The first kappa shape index (κ1) is 15.0. The van der Waals surface area contributed by atoms with Gasteiger partial charge in [-0.2, -0.15) is 0 Å². The Hall–Kier alpha value is -1.03. The zero-order valence-electron chi connectivity index (χ0n) is 11.3. The first-order valence-electron chi connectivity index (χ1n) is 6.08. The molecule has 1 amide bonds. The number of nitrogens with one attached hydrogen (secondary N) is 1. The lowest BCUT2D eigenvalue weighted by molar-refractivity contribution is -0.124. The van der Waals surface area contributed by atoms with Gasteiger partial charge < -0.3 is 10.1 Å². The van der Waals surface area contributed by atoms with Crippen molar-refractivity contribution in [3.63, 3.8) is 0 Å². The Kier molecular flexibility index (Phi) is 5.66. The molecule has 0 aromatic heterocycles. The molecular weight excluding hydrogens is 294 g/mol. The van der Waals surface area contributed by atoms with Gasteiger partial charge in [-0.05, 0) is 53.4 Å². The van der Waals surface area contributed by atoms with Gasteiger partial charge in [-0.25, -0.2) is 0 Å². The van der Waals surface area contributed by atoms with Crippen LogP contribution in [0.3, 0.4) is 0 Å². The van der Waals surface area contributed by atoms with E-state index in [1.54, 1.807) is 0 Å². The topological polar surface area (TPSA) is 38.3 Å². The third kappa shape index (κ3) is 4.69. The van der Waals surface area contributed by atoms with Crippen LogP contribution in [0, 0.1) is 12.8 Å². The molecule has 4 heteroatoms. The normalized spacial score (nSPS) is 12.3. The third-order valence-corrected chi connectivity index (χ3v) is 3.45. The molecule has 0 saturated carbocycles.